The van der Waals surface area contributed by atoms with Crippen LogP contribution in [0.25, 0.3) is 6.08 Å². The third kappa shape index (κ3) is 5.56. The monoisotopic (exact) mass is 252 g/mol. The second-order valence-corrected chi connectivity index (χ2v) is 5.14. The minimum absolute atomic E-state index is 0.185. The molecule has 92 valence electrons. The van der Waals surface area contributed by atoms with Crippen molar-refractivity contribution in [2.45, 2.75) is 17.9 Å². The molecule has 0 radical (unpaired) electrons. The Morgan fingerprint density at radius 2 is 2.06 bits per heavy atom. The highest BCUT2D eigenvalue weighted by Gasteiger charge is 2.00. The lowest BCUT2D eigenvalue weighted by Gasteiger charge is -2.07. The van der Waals surface area contributed by atoms with E-state index in [2.05, 4.69) is 0 Å². The zero-order valence-electron chi connectivity index (χ0n) is 9.67. The van der Waals surface area contributed by atoms with E-state index < -0.39 is 5.97 Å². The maximum absolute atomic E-state index is 10.3. The second-order valence-electron chi connectivity index (χ2n) is 3.72. The van der Waals surface area contributed by atoms with Crippen LogP contribution >= 0.6 is 11.8 Å². The first-order chi connectivity index (χ1) is 8.11. The van der Waals surface area contributed by atoms with Gasteiger partial charge in [0.05, 0.1) is 6.61 Å². The smallest absolute Gasteiger partial charge is 0.328 e. The maximum Gasteiger partial charge on any atom is 0.328 e. The van der Waals surface area contributed by atoms with E-state index in [1.165, 1.54) is 5.56 Å². The molecule has 1 aromatic rings. The van der Waals surface area contributed by atoms with Crippen LogP contribution in [0.4, 0.5) is 0 Å². The first kappa shape index (κ1) is 13.8. The van der Waals surface area contributed by atoms with Crippen molar-refractivity contribution in [3.63, 3.8) is 0 Å². The molecule has 0 aliphatic heterocycles. The van der Waals surface area contributed by atoms with Crippen molar-refractivity contribution in [2.24, 2.45) is 0 Å². The maximum atomic E-state index is 10.3. The Hall–Kier alpha value is -1.26. The van der Waals surface area contributed by atoms with Crippen molar-refractivity contribution in [2.75, 3.05) is 6.61 Å². The van der Waals surface area contributed by atoms with E-state index in [0.717, 1.165) is 17.4 Å². The van der Waals surface area contributed by atoms with Crippen LogP contribution in [0.5, 0.6) is 0 Å². The van der Waals surface area contributed by atoms with Crippen LogP contribution in [-0.2, 0) is 10.5 Å². The highest BCUT2D eigenvalue weighted by Crippen LogP contribution is 2.17. The quantitative estimate of drug-likeness (QED) is 0.763. The molecular formula is C13H16O3S. The van der Waals surface area contributed by atoms with E-state index in [0.29, 0.717) is 0 Å². The summed E-state index contributed by atoms with van der Waals surface area (Å²) in [7, 11) is 0. The predicted molar refractivity (Wildman–Crippen MR) is 71.0 cm³/mol. The third-order valence-electron chi connectivity index (χ3n) is 2.19. The molecule has 0 saturated heterocycles. The Kier molecular flexibility index (Phi) is 5.80. The molecule has 0 aliphatic carbocycles. The van der Waals surface area contributed by atoms with Crippen LogP contribution in [0.2, 0.25) is 0 Å². The minimum Gasteiger partial charge on any atom is -0.478 e. The van der Waals surface area contributed by atoms with Crippen molar-refractivity contribution >= 4 is 23.8 Å². The number of rotatable bonds is 6. The van der Waals surface area contributed by atoms with Crippen molar-refractivity contribution in [1.82, 2.24) is 0 Å². The number of aliphatic hydroxyl groups is 1. The van der Waals surface area contributed by atoms with Gasteiger partial charge in [0, 0.05) is 17.1 Å². The molecule has 17 heavy (non-hydrogen) atoms. The lowest BCUT2D eigenvalue weighted by atomic mass is 10.1. The molecule has 1 unspecified atom stereocenters. The SMILES string of the molecule is CC(CO)SCc1ccc(/C=C/C(=O)O)cc1. The van der Waals surface area contributed by atoms with Gasteiger partial charge in [-0.15, -0.1) is 0 Å². The van der Waals surface area contributed by atoms with Gasteiger partial charge in [-0.2, -0.15) is 11.8 Å². The van der Waals surface area contributed by atoms with E-state index in [4.69, 9.17) is 10.2 Å². The topological polar surface area (TPSA) is 57.5 Å². The number of hydrogen-bond acceptors (Lipinski definition) is 3. The summed E-state index contributed by atoms with van der Waals surface area (Å²) in [6.45, 7) is 2.17. The van der Waals surface area contributed by atoms with Gasteiger partial charge in [0.2, 0.25) is 0 Å². The highest BCUT2D eigenvalue weighted by atomic mass is 32.2. The number of hydrogen-bond donors (Lipinski definition) is 2. The highest BCUT2D eigenvalue weighted by molar-refractivity contribution is 7.99. The molecule has 2 N–H and O–H groups in total. The van der Waals surface area contributed by atoms with Crippen molar-refractivity contribution in [3.05, 3.63) is 41.5 Å². The first-order valence-electron chi connectivity index (χ1n) is 5.34. The fraction of sp³-hybridized carbons (Fsp3) is 0.308. The van der Waals surface area contributed by atoms with Gasteiger partial charge in [-0.3, -0.25) is 0 Å². The zero-order valence-corrected chi connectivity index (χ0v) is 10.5. The number of carbonyl (C=O) groups is 1. The molecule has 0 spiro atoms. The minimum atomic E-state index is -0.943. The van der Waals surface area contributed by atoms with E-state index in [-0.39, 0.29) is 11.9 Å². The van der Waals surface area contributed by atoms with Gasteiger partial charge in [-0.1, -0.05) is 31.2 Å². The van der Waals surface area contributed by atoms with Crippen molar-refractivity contribution in [3.8, 4) is 0 Å². The Morgan fingerprint density at radius 3 is 2.59 bits per heavy atom. The zero-order chi connectivity index (χ0) is 12.7. The molecule has 1 aromatic carbocycles. The van der Waals surface area contributed by atoms with Gasteiger partial charge in [-0.05, 0) is 17.2 Å². The lowest BCUT2D eigenvalue weighted by molar-refractivity contribution is -0.131. The number of carboxylic acids is 1. The van der Waals surface area contributed by atoms with Crippen molar-refractivity contribution < 1.29 is 15.0 Å². The fourth-order valence-corrected chi connectivity index (χ4v) is 1.96. The van der Waals surface area contributed by atoms with E-state index in [9.17, 15) is 4.79 Å². The van der Waals surface area contributed by atoms with E-state index >= 15 is 0 Å². The van der Waals surface area contributed by atoms with Gasteiger partial charge < -0.3 is 10.2 Å². The molecule has 0 fully saturated rings. The molecule has 0 bridgehead atoms. The largest absolute Gasteiger partial charge is 0.478 e. The van der Waals surface area contributed by atoms with E-state index in [1.54, 1.807) is 17.8 Å². The summed E-state index contributed by atoms with van der Waals surface area (Å²) in [5.41, 5.74) is 2.04. The van der Waals surface area contributed by atoms with Crippen LogP contribution in [0, 0.1) is 0 Å². The normalized spacial score (nSPS) is 12.8. The third-order valence-corrected chi connectivity index (χ3v) is 3.41. The summed E-state index contributed by atoms with van der Waals surface area (Å²) in [6.07, 6.45) is 2.69. The van der Waals surface area contributed by atoms with Gasteiger partial charge in [0.15, 0.2) is 0 Å². The summed E-state index contributed by atoms with van der Waals surface area (Å²) < 4.78 is 0. The summed E-state index contributed by atoms with van der Waals surface area (Å²) in [5, 5.41) is 17.6. The van der Waals surface area contributed by atoms with Gasteiger partial charge >= 0.3 is 5.97 Å². The van der Waals surface area contributed by atoms with Gasteiger partial charge in [-0.25, -0.2) is 4.79 Å². The number of thioether (sulfide) groups is 1. The van der Waals surface area contributed by atoms with Crippen LogP contribution in [0.3, 0.4) is 0 Å². The predicted octanol–water partition coefficient (Wildman–Crippen LogP) is 2.40. The number of carboxylic acid groups (broad SMARTS) is 1. The summed E-state index contributed by atoms with van der Waals surface area (Å²) in [6, 6.07) is 7.72. The Labute approximate surface area is 105 Å². The van der Waals surface area contributed by atoms with Crippen LogP contribution in [-0.4, -0.2) is 28.0 Å². The molecule has 0 heterocycles. The molecule has 0 aliphatic rings. The van der Waals surface area contributed by atoms with Crippen LogP contribution in [0.1, 0.15) is 18.1 Å². The average Bonchev–Trinajstić information content (AvgIpc) is 2.34. The summed E-state index contributed by atoms with van der Waals surface area (Å²) in [5.74, 6) is -0.0913. The molecule has 3 nitrogen and oxygen atoms in total. The standard InChI is InChI=1S/C13H16O3S/c1-10(8-14)17-9-12-4-2-11(3-5-12)6-7-13(15)16/h2-7,10,14H,8-9H2,1H3,(H,15,16)/b7-6+. The van der Waals surface area contributed by atoms with Gasteiger partial charge in [0.1, 0.15) is 0 Å². The Balaban J connectivity index is 2.53. The molecule has 1 rings (SSSR count). The molecule has 4 heteroatoms. The number of aliphatic carboxylic acids is 1. The molecule has 0 amide bonds. The van der Waals surface area contributed by atoms with Crippen molar-refractivity contribution in [1.29, 1.82) is 0 Å². The summed E-state index contributed by atoms with van der Waals surface area (Å²) >= 11 is 1.69. The lowest BCUT2D eigenvalue weighted by Crippen LogP contribution is -2.02. The Bertz CT molecular complexity index is 384. The molecule has 1 atom stereocenters. The molecular weight excluding hydrogens is 236 g/mol. The number of aliphatic hydroxyl groups excluding tert-OH is 1. The van der Waals surface area contributed by atoms with Crippen LogP contribution in [0.15, 0.2) is 30.3 Å². The fourth-order valence-electron chi connectivity index (χ4n) is 1.18. The van der Waals surface area contributed by atoms with Gasteiger partial charge in [0.25, 0.3) is 0 Å². The second kappa shape index (κ2) is 7.14. The Morgan fingerprint density at radius 1 is 1.41 bits per heavy atom. The summed E-state index contributed by atoms with van der Waals surface area (Å²) in [4.78, 5) is 10.3. The first-order valence-corrected chi connectivity index (χ1v) is 6.39. The van der Waals surface area contributed by atoms with Crippen LogP contribution < -0.4 is 0 Å². The number of benzene rings is 1. The average molecular weight is 252 g/mol. The molecule has 0 saturated carbocycles. The van der Waals surface area contributed by atoms with E-state index in [1.807, 2.05) is 31.2 Å². The molecule has 0 aromatic heterocycles.